The van der Waals surface area contributed by atoms with Crippen molar-refractivity contribution in [3.05, 3.63) is 0 Å². The molecule has 7 heteroatoms. The molecule has 0 aromatic carbocycles. The van der Waals surface area contributed by atoms with Crippen LogP contribution in [0.25, 0.3) is 0 Å². The number of hydrogen-bond donors (Lipinski definition) is 6. The Bertz CT molecular complexity index is 265. The molecule has 1 atom stereocenters. The van der Waals surface area contributed by atoms with Gasteiger partial charge >= 0.3 is 0 Å². The van der Waals surface area contributed by atoms with E-state index in [4.69, 9.17) is 22.3 Å². The number of nitrogens with two attached hydrogens (primary N) is 2. The monoisotopic (exact) mass is 228 g/mol. The van der Waals surface area contributed by atoms with Gasteiger partial charge in [0.15, 0.2) is 17.7 Å². The normalized spacial score (nSPS) is 11.6. The fourth-order valence-electron chi connectivity index (χ4n) is 1.28. The van der Waals surface area contributed by atoms with Gasteiger partial charge in [-0.1, -0.05) is 6.92 Å². The van der Waals surface area contributed by atoms with Crippen LogP contribution in [0.3, 0.4) is 0 Å². The summed E-state index contributed by atoms with van der Waals surface area (Å²) in [6.45, 7) is 2.30. The summed E-state index contributed by atoms with van der Waals surface area (Å²) in [7, 11) is 0. The summed E-state index contributed by atoms with van der Waals surface area (Å²) in [6.07, 6.45) is 1.65. The molecular weight excluding hydrogens is 208 g/mol. The predicted octanol–water partition coefficient (Wildman–Crippen LogP) is -0.920. The molecule has 8 N–H and O–H groups in total. The van der Waals surface area contributed by atoms with Gasteiger partial charge in [0.05, 0.1) is 6.04 Å². The summed E-state index contributed by atoms with van der Waals surface area (Å²) in [5.74, 6) is -0.262. The topological polar surface area (TPSA) is 141 Å². The van der Waals surface area contributed by atoms with E-state index in [-0.39, 0.29) is 17.7 Å². The Labute approximate surface area is 95.0 Å². The van der Waals surface area contributed by atoms with Gasteiger partial charge in [-0.3, -0.25) is 15.6 Å². The molecule has 0 amide bonds. The third-order valence-corrected chi connectivity index (χ3v) is 2.05. The molecule has 0 aromatic heterocycles. The van der Waals surface area contributed by atoms with Crippen LogP contribution < -0.4 is 22.1 Å². The van der Waals surface area contributed by atoms with Crippen LogP contribution in [0.5, 0.6) is 0 Å². The first-order valence-corrected chi connectivity index (χ1v) is 5.18. The molecule has 0 aliphatic heterocycles. The predicted molar refractivity (Wildman–Crippen MR) is 63.3 cm³/mol. The molecule has 0 radical (unpaired) electrons. The van der Waals surface area contributed by atoms with Crippen LogP contribution in [0, 0.1) is 10.8 Å². The number of rotatable bonds is 7. The minimum absolute atomic E-state index is 0.0259. The summed E-state index contributed by atoms with van der Waals surface area (Å²) in [5, 5.41) is 19.3. The molecule has 92 valence electrons. The molecule has 0 heterocycles. The quantitative estimate of drug-likeness (QED) is 0.190. The second-order valence-electron chi connectivity index (χ2n) is 3.41. The third-order valence-electron chi connectivity index (χ3n) is 2.05. The first kappa shape index (κ1) is 14.2. The lowest BCUT2D eigenvalue weighted by Crippen LogP contribution is -2.44. The smallest absolute Gasteiger partial charge is 0.186 e. The molecular formula is C9H20N6O. The van der Waals surface area contributed by atoms with E-state index in [1.54, 1.807) is 6.92 Å². The Morgan fingerprint density at radius 3 is 2.38 bits per heavy atom. The van der Waals surface area contributed by atoms with Gasteiger partial charge in [-0.25, -0.2) is 0 Å². The zero-order chi connectivity index (χ0) is 12.6. The van der Waals surface area contributed by atoms with Gasteiger partial charge < -0.3 is 22.1 Å². The van der Waals surface area contributed by atoms with Crippen molar-refractivity contribution in [3.63, 3.8) is 0 Å². The highest BCUT2D eigenvalue weighted by Crippen LogP contribution is 2.00. The van der Waals surface area contributed by atoms with E-state index in [9.17, 15) is 4.79 Å². The van der Waals surface area contributed by atoms with Crippen LogP contribution in [0.1, 0.15) is 26.2 Å². The number of ketones is 1. The summed E-state index contributed by atoms with van der Waals surface area (Å²) in [6, 6.07) is -0.420. The molecule has 0 saturated carbocycles. The van der Waals surface area contributed by atoms with Crippen molar-refractivity contribution in [1.82, 2.24) is 10.6 Å². The zero-order valence-corrected chi connectivity index (χ0v) is 9.47. The number of nitrogens with one attached hydrogen (secondary N) is 4. The molecule has 0 aliphatic carbocycles. The second kappa shape index (κ2) is 7.49. The molecule has 0 bridgehead atoms. The average molecular weight is 228 g/mol. The van der Waals surface area contributed by atoms with Crippen molar-refractivity contribution in [2.75, 3.05) is 6.54 Å². The minimum atomic E-state index is -0.420. The first-order chi connectivity index (χ1) is 7.47. The standard InChI is InChI=1S/C9H20N6O/c1-2-7(16)6(15-9(12)13)4-3-5-14-8(10)11/h6H,2-5H2,1H3,(H4,10,11,14)(H4,12,13,15)/t6-/m0/s1. The molecule has 7 nitrogen and oxygen atoms in total. The molecule has 0 fully saturated rings. The summed E-state index contributed by atoms with van der Waals surface area (Å²) < 4.78 is 0. The second-order valence-corrected chi connectivity index (χ2v) is 3.41. The minimum Gasteiger partial charge on any atom is -0.370 e. The van der Waals surface area contributed by atoms with Crippen LogP contribution in [-0.4, -0.2) is 30.3 Å². The molecule has 0 aliphatic rings. The third kappa shape index (κ3) is 6.63. The number of carbonyl (C=O) groups is 1. The average Bonchev–Trinajstić information content (AvgIpc) is 2.20. The van der Waals surface area contributed by atoms with Gasteiger partial charge in [-0.15, -0.1) is 0 Å². The van der Waals surface area contributed by atoms with E-state index in [2.05, 4.69) is 10.6 Å². The first-order valence-electron chi connectivity index (χ1n) is 5.18. The fourth-order valence-corrected chi connectivity index (χ4v) is 1.28. The van der Waals surface area contributed by atoms with E-state index >= 15 is 0 Å². The van der Waals surface area contributed by atoms with Gasteiger partial charge in [0.1, 0.15) is 0 Å². The van der Waals surface area contributed by atoms with Gasteiger partial charge in [-0.2, -0.15) is 0 Å². The fraction of sp³-hybridized carbons (Fsp3) is 0.667. The Morgan fingerprint density at radius 1 is 1.31 bits per heavy atom. The molecule has 0 unspecified atom stereocenters. The van der Waals surface area contributed by atoms with Crippen LogP contribution in [0.15, 0.2) is 0 Å². The molecule has 0 spiro atoms. The molecule has 0 aromatic rings. The zero-order valence-electron chi connectivity index (χ0n) is 9.47. The van der Waals surface area contributed by atoms with Crippen LogP contribution in [0.4, 0.5) is 0 Å². The number of Topliss-reactive ketones (excluding diaryl/α,β-unsaturated/α-hetero) is 1. The van der Waals surface area contributed by atoms with E-state index in [1.807, 2.05) is 0 Å². The van der Waals surface area contributed by atoms with Crippen molar-refractivity contribution in [2.24, 2.45) is 11.5 Å². The summed E-state index contributed by atoms with van der Waals surface area (Å²) in [4.78, 5) is 11.5. The Hall–Kier alpha value is -1.79. The molecule has 16 heavy (non-hydrogen) atoms. The van der Waals surface area contributed by atoms with E-state index in [1.165, 1.54) is 0 Å². The lowest BCUT2D eigenvalue weighted by molar-refractivity contribution is -0.120. The highest BCUT2D eigenvalue weighted by Gasteiger charge is 2.15. The van der Waals surface area contributed by atoms with Crippen LogP contribution in [0.2, 0.25) is 0 Å². The largest absolute Gasteiger partial charge is 0.370 e. The van der Waals surface area contributed by atoms with Crippen molar-refractivity contribution in [2.45, 2.75) is 32.2 Å². The van der Waals surface area contributed by atoms with E-state index < -0.39 is 6.04 Å². The van der Waals surface area contributed by atoms with Gasteiger partial charge in [-0.05, 0) is 12.8 Å². The lowest BCUT2D eigenvalue weighted by atomic mass is 10.1. The Morgan fingerprint density at radius 2 is 1.94 bits per heavy atom. The highest BCUT2D eigenvalue weighted by atomic mass is 16.1. The van der Waals surface area contributed by atoms with E-state index in [0.29, 0.717) is 25.8 Å². The molecule has 0 rings (SSSR count). The Balaban J connectivity index is 3.97. The van der Waals surface area contributed by atoms with Crippen molar-refractivity contribution in [3.8, 4) is 0 Å². The van der Waals surface area contributed by atoms with E-state index in [0.717, 1.165) is 0 Å². The number of carbonyl (C=O) groups excluding carboxylic acids is 1. The number of hydrogen-bond acceptors (Lipinski definition) is 3. The van der Waals surface area contributed by atoms with Crippen molar-refractivity contribution >= 4 is 17.7 Å². The van der Waals surface area contributed by atoms with Gasteiger partial charge in [0.25, 0.3) is 0 Å². The maximum atomic E-state index is 11.5. The summed E-state index contributed by atoms with van der Waals surface area (Å²) in [5.41, 5.74) is 10.3. The van der Waals surface area contributed by atoms with Gasteiger partial charge in [0, 0.05) is 13.0 Å². The van der Waals surface area contributed by atoms with Crippen molar-refractivity contribution in [1.29, 1.82) is 10.8 Å². The lowest BCUT2D eigenvalue weighted by Gasteiger charge is -2.16. The SMILES string of the molecule is CCC(=O)[C@H](CCCNC(=N)N)NC(=N)N. The van der Waals surface area contributed by atoms with Crippen LogP contribution in [-0.2, 0) is 4.79 Å². The van der Waals surface area contributed by atoms with Gasteiger partial charge in [0.2, 0.25) is 0 Å². The maximum Gasteiger partial charge on any atom is 0.186 e. The Kier molecular flexibility index (Phi) is 6.66. The van der Waals surface area contributed by atoms with Crippen LogP contribution >= 0.6 is 0 Å². The highest BCUT2D eigenvalue weighted by molar-refractivity contribution is 5.88. The summed E-state index contributed by atoms with van der Waals surface area (Å²) >= 11 is 0. The maximum absolute atomic E-state index is 11.5. The molecule has 0 saturated heterocycles. The number of guanidine groups is 2. The van der Waals surface area contributed by atoms with Crippen molar-refractivity contribution < 1.29 is 4.79 Å².